The van der Waals surface area contributed by atoms with Crippen LogP contribution in [0.5, 0.6) is 5.75 Å². The first kappa shape index (κ1) is 15.3. The minimum atomic E-state index is -3.45. The van der Waals surface area contributed by atoms with Crippen LogP contribution in [0.3, 0.4) is 0 Å². The van der Waals surface area contributed by atoms with E-state index >= 15 is 0 Å². The van der Waals surface area contributed by atoms with Gasteiger partial charge in [0.15, 0.2) is 0 Å². The molecule has 0 saturated carbocycles. The summed E-state index contributed by atoms with van der Waals surface area (Å²) in [5.41, 5.74) is 0.679. The number of nitrogens with one attached hydrogen (secondary N) is 1. The Morgan fingerprint density at radius 2 is 2.06 bits per heavy atom. The summed E-state index contributed by atoms with van der Waals surface area (Å²) in [6.07, 6.45) is 0.749. The van der Waals surface area contributed by atoms with Gasteiger partial charge < -0.3 is 4.74 Å². The smallest absolute Gasteiger partial charge is 0.240 e. The molecule has 6 heteroatoms. The molecule has 0 spiro atoms. The Labute approximate surface area is 113 Å². The van der Waals surface area contributed by atoms with Gasteiger partial charge in [-0.25, -0.2) is 13.1 Å². The fourth-order valence-electron chi connectivity index (χ4n) is 1.44. The van der Waals surface area contributed by atoms with Crippen molar-refractivity contribution in [1.82, 2.24) is 4.72 Å². The highest BCUT2D eigenvalue weighted by molar-refractivity contribution is 7.89. The zero-order valence-corrected chi connectivity index (χ0v) is 12.1. The molecule has 18 heavy (non-hydrogen) atoms. The monoisotopic (exact) mass is 291 g/mol. The highest BCUT2D eigenvalue weighted by Gasteiger charge is 2.15. The lowest BCUT2D eigenvalue weighted by Crippen LogP contribution is -2.24. The van der Waals surface area contributed by atoms with Crippen molar-refractivity contribution in [2.24, 2.45) is 0 Å². The summed E-state index contributed by atoms with van der Waals surface area (Å²) >= 11 is 5.80. The van der Waals surface area contributed by atoms with Crippen LogP contribution in [0, 0.1) is 0 Å². The Hall–Kier alpha value is -0.780. The van der Waals surface area contributed by atoms with Gasteiger partial charge >= 0.3 is 0 Å². The van der Waals surface area contributed by atoms with E-state index in [9.17, 15) is 8.42 Å². The first-order chi connectivity index (χ1) is 8.55. The maximum Gasteiger partial charge on any atom is 0.240 e. The lowest BCUT2D eigenvalue weighted by Gasteiger charge is -2.11. The Morgan fingerprint density at radius 3 is 2.61 bits per heavy atom. The predicted octanol–water partition coefficient (Wildman–Crippen LogP) is 2.51. The van der Waals surface area contributed by atoms with E-state index in [1.54, 1.807) is 12.1 Å². The van der Waals surface area contributed by atoms with E-state index in [0.717, 1.165) is 6.42 Å². The van der Waals surface area contributed by atoms with Crippen LogP contribution in [0.4, 0.5) is 0 Å². The minimum absolute atomic E-state index is 0.215. The number of ether oxygens (including phenoxy) is 1. The summed E-state index contributed by atoms with van der Waals surface area (Å²) in [5, 5.41) is 0. The summed E-state index contributed by atoms with van der Waals surface area (Å²) in [5.74, 6) is 0.842. The van der Waals surface area contributed by atoms with E-state index in [1.807, 2.05) is 13.8 Å². The van der Waals surface area contributed by atoms with Gasteiger partial charge in [0.25, 0.3) is 0 Å². The summed E-state index contributed by atoms with van der Waals surface area (Å²) in [4.78, 5) is 0.218. The summed E-state index contributed by atoms with van der Waals surface area (Å²) in [7, 11) is -3.45. The molecule has 0 heterocycles. The fraction of sp³-hybridized carbons (Fsp3) is 0.500. The van der Waals surface area contributed by atoms with E-state index in [2.05, 4.69) is 4.72 Å². The zero-order chi connectivity index (χ0) is 13.6. The highest BCUT2D eigenvalue weighted by atomic mass is 35.5. The first-order valence-electron chi connectivity index (χ1n) is 5.86. The van der Waals surface area contributed by atoms with Crippen molar-refractivity contribution in [1.29, 1.82) is 0 Å². The highest BCUT2D eigenvalue weighted by Crippen LogP contribution is 2.24. The third-order valence-electron chi connectivity index (χ3n) is 2.33. The van der Waals surface area contributed by atoms with Crippen molar-refractivity contribution in [2.75, 3.05) is 13.2 Å². The van der Waals surface area contributed by atoms with Crippen LogP contribution in [-0.4, -0.2) is 21.6 Å². The maximum atomic E-state index is 11.9. The molecule has 0 aliphatic carbocycles. The molecule has 0 atom stereocenters. The Bertz CT molecular complexity index is 488. The van der Waals surface area contributed by atoms with Gasteiger partial charge in [0.2, 0.25) is 10.0 Å². The van der Waals surface area contributed by atoms with Crippen molar-refractivity contribution in [3.63, 3.8) is 0 Å². The third-order valence-corrected chi connectivity index (χ3v) is 4.07. The molecule has 0 aliphatic rings. The van der Waals surface area contributed by atoms with Crippen LogP contribution in [0.15, 0.2) is 23.1 Å². The molecule has 0 fully saturated rings. The van der Waals surface area contributed by atoms with Crippen molar-refractivity contribution >= 4 is 21.6 Å². The molecular weight excluding hydrogens is 274 g/mol. The van der Waals surface area contributed by atoms with E-state index in [4.69, 9.17) is 16.3 Å². The normalized spacial score (nSPS) is 11.5. The Morgan fingerprint density at radius 1 is 1.33 bits per heavy atom. The van der Waals surface area contributed by atoms with Crippen molar-refractivity contribution < 1.29 is 13.2 Å². The number of sulfonamides is 1. The number of halogens is 1. The van der Waals surface area contributed by atoms with Gasteiger partial charge in [-0.1, -0.05) is 6.92 Å². The van der Waals surface area contributed by atoms with Gasteiger partial charge in [0.05, 0.1) is 17.4 Å². The molecule has 0 aliphatic heterocycles. The fourth-order valence-corrected chi connectivity index (χ4v) is 2.84. The molecule has 0 aromatic heterocycles. The second-order valence-electron chi connectivity index (χ2n) is 3.73. The van der Waals surface area contributed by atoms with E-state index < -0.39 is 10.0 Å². The molecule has 102 valence electrons. The second kappa shape index (κ2) is 6.97. The molecule has 1 aromatic rings. The standard InChI is InChI=1S/C12H18ClNO3S/c1-3-7-14-18(15,16)11-5-6-12(17-4-2)10(8-11)9-13/h5-6,8,14H,3-4,7,9H2,1-2H3. The van der Waals surface area contributed by atoms with Gasteiger partial charge in [-0.2, -0.15) is 0 Å². The topological polar surface area (TPSA) is 55.4 Å². The number of hydrogen-bond acceptors (Lipinski definition) is 3. The van der Waals surface area contributed by atoms with Crippen LogP contribution in [0.1, 0.15) is 25.8 Å². The lowest BCUT2D eigenvalue weighted by atomic mass is 10.2. The Balaban J connectivity index is 3.04. The molecule has 0 radical (unpaired) electrons. The summed E-state index contributed by atoms with van der Waals surface area (Å²) < 4.78 is 31.8. The van der Waals surface area contributed by atoms with Crippen LogP contribution < -0.4 is 9.46 Å². The molecular formula is C12H18ClNO3S. The van der Waals surface area contributed by atoms with E-state index in [-0.39, 0.29) is 10.8 Å². The van der Waals surface area contributed by atoms with Crippen molar-refractivity contribution in [3.05, 3.63) is 23.8 Å². The Kier molecular flexibility index (Phi) is 5.91. The van der Waals surface area contributed by atoms with Gasteiger partial charge in [0.1, 0.15) is 5.75 Å². The molecule has 0 saturated heterocycles. The summed E-state index contributed by atoms with van der Waals surface area (Å²) in [6.45, 7) is 4.71. The molecule has 1 aromatic carbocycles. The van der Waals surface area contributed by atoms with E-state index in [0.29, 0.717) is 24.5 Å². The summed E-state index contributed by atoms with van der Waals surface area (Å²) in [6, 6.07) is 4.72. The lowest BCUT2D eigenvalue weighted by molar-refractivity contribution is 0.337. The van der Waals surface area contributed by atoms with Crippen LogP contribution in [-0.2, 0) is 15.9 Å². The molecule has 4 nitrogen and oxygen atoms in total. The average Bonchev–Trinajstić information content (AvgIpc) is 2.37. The molecule has 1 rings (SSSR count). The van der Waals surface area contributed by atoms with Gasteiger partial charge in [0, 0.05) is 12.1 Å². The molecule has 0 amide bonds. The minimum Gasteiger partial charge on any atom is -0.494 e. The number of rotatable bonds is 7. The SMILES string of the molecule is CCCNS(=O)(=O)c1ccc(OCC)c(CCl)c1. The number of benzene rings is 1. The molecule has 1 N–H and O–H groups in total. The maximum absolute atomic E-state index is 11.9. The number of alkyl halides is 1. The zero-order valence-electron chi connectivity index (χ0n) is 10.6. The molecule has 0 bridgehead atoms. The first-order valence-corrected chi connectivity index (χ1v) is 7.88. The van der Waals surface area contributed by atoms with Gasteiger partial charge in [-0.15, -0.1) is 11.6 Å². The molecule has 0 unspecified atom stereocenters. The van der Waals surface area contributed by atoms with Gasteiger partial charge in [-0.3, -0.25) is 0 Å². The largest absolute Gasteiger partial charge is 0.494 e. The third kappa shape index (κ3) is 3.86. The number of hydrogen-bond donors (Lipinski definition) is 1. The van der Waals surface area contributed by atoms with Crippen molar-refractivity contribution in [2.45, 2.75) is 31.0 Å². The van der Waals surface area contributed by atoms with Crippen LogP contribution in [0.2, 0.25) is 0 Å². The quantitative estimate of drug-likeness (QED) is 0.785. The van der Waals surface area contributed by atoms with Gasteiger partial charge in [-0.05, 0) is 31.5 Å². The van der Waals surface area contributed by atoms with Crippen molar-refractivity contribution in [3.8, 4) is 5.75 Å². The van der Waals surface area contributed by atoms with Crippen LogP contribution in [0.25, 0.3) is 0 Å². The second-order valence-corrected chi connectivity index (χ2v) is 5.77. The predicted molar refractivity (Wildman–Crippen MR) is 72.6 cm³/mol. The van der Waals surface area contributed by atoms with Crippen LogP contribution >= 0.6 is 11.6 Å². The van der Waals surface area contributed by atoms with E-state index in [1.165, 1.54) is 6.07 Å². The average molecular weight is 292 g/mol.